The van der Waals surface area contributed by atoms with E-state index in [2.05, 4.69) is 17.0 Å². The first-order valence-electron chi connectivity index (χ1n) is 9.07. The Hall–Kier alpha value is -2.30. The average Bonchev–Trinajstić information content (AvgIpc) is 3.31. The lowest BCUT2D eigenvalue weighted by Gasteiger charge is -2.35. The fourth-order valence-corrected chi connectivity index (χ4v) is 3.79. The van der Waals surface area contributed by atoms with E-state index in [-0.39, 0.29) is 5.91 Å². The van der Waals surface area contributed by atoms with Crippen molar-refractivity contribution < 1.29 is 14.1 Å². The number of benzene rings is 1. The summed E-state index contributed by atoms with van der Waals surface area (Å²) in [4.78, 5) is 15.2. The van der Waals surface area contributed by atoms with E-state index in [1.165, 1.54) is 6.42 Å². The van der Waals surface area contributed by atoms with Crippen LogP contribution in [0.2, 0.25) is 0 Å². The van der Waals surface area contributed by atoms with Crippen molar-refractivity contribution in [2.24, 2.45) is 0 Å². The van der Waals surface area contributed by atoms with Crippen molar-refractivity contribution in [3.8, 4) is 17.1 Å². The molecule has 0 N–H and O–H groups in total. The number of ether oxygens (including phenoxy) is 1. The van der Waals surface area contributed by atoms with Gasteiger partial charge in [-0.05, 0) is 51.2 Å². The number of aromatic nitrogens is 1. The zero-order chi connectivity index (χ0) is 17.4. The predicted molar refractivity (Wildman–Crippen MR) is 94.4 cm³/mol. The van der Waals surface area contributed by atoms with Crippen LogP contribution in [0.5, 0.6) is 5.75 Å². The van der Waals surface area contributed by atoms with Crippen LogP contribution in [0, 0.1) is 0 Å². The molecule has 1 saturated carbocycles. The fraction of sp³-hybridized carbons (Fsp3) is 0.500. The standard InChI is InChI=1S/C20H24N2O3/c1-14-6-3-4-11-22(14)19(23)20(9-10-20)18-13-17(25-21-18)15-7-5-8-16(12-15)24-2/h5,7-8,12-14H,3-4,6,9-11H2,1-2H3. The summed E-state index contributed by atoms with van der Waals surface area (Å²) in [6.07, 6.45) is 5.12. The molecular formula is C20H24N2O3. The number of nitrogens with zero attached hydrogens (tertiary/aromatic N) is 2. The third-order valence-electron chi connectivity index (χ3n) is 5.58. The molecule has 1 aromatic carbocycles. The molecule has 1 amide bonds. The van der Waals surface area contributed by atoms with E-state index >= 15 is 0 Å². The van der Waals surface area contributed by atoms with E-state index in [4.69, 9.17) is 9.26 Å². The van der Waals surface area contributed by atoms with Gasteiger partial charge in [-0.3, -0.25) is 4.79 Å². The summed E-state index contributed by atoms with van der Waals surface area (Å²) in [5.74, 6) is 1.68. The second-order valence-corrected chi connectivity index (χ2v) is 7.23. The van der Waals surface area contributed by atoms with Gasteiger partial charge in [0.25, 0.3) is 0 Å². The highest BCUT2D eigenvalue weighted by atomic mass is 16.5. The molecule has 2 aliphatic rings. The smallest absolute Gasteiger partial charge is 0.235 e. The maximum Gasteiger partial charge on any atom is 0.235 e. The average molecular weight is 340 g/mol. The number of hydrogen-bond acceptors (Lipinski definition) is 4. The van der Waals surface area contributed by atoms with E-state index in [1.807, 2.05) is 30.3 Å². The molecule has 1 saturated heterocycles. The van der Waals surface area contributed by atoms with Crippen LogP contribution < -0.4 is 4.74 Å². The van der Waals surface area contributed by atoms with E-state index in [0.717, 1.165) is 49.2 Å². The molecule has 5 nitrogen and oxygen atoms in total. The zero-order valence-corrected chi connectivity index (χ0v) is 14.8. The van der Waals surface area contributed by atoms with Crippen LogP contribution in [0.3, 0.4) is 0 Å². The molecule has 2 aromatic rings. The van der Waals surface area contributed by atoms with Gasteiger partial charge in [-0.25, -0.2) is 0 Å². The third kappa shape index (κ3) is 2.81. The molecule has 0 spiro atoms. The zero-order valence-electron chi connectivity index (χ0n) is 14.8. The Bertz CT molecular complexity index is 779. The maximum absolute atomic E-state index is 13.2. The lowest BCUT2D eigenvalue weighted by atomic mass is 9.95. The molecule has 2 heterocycles. The van der Waals surface area contributed by atoms with Gasteiger partial charge in [-0.2, -0.15) is 0 Å². The van der Waals surface area contributed by atoms with E-state index in [1.54, 1.807) is 7.11 Å². The lowest BCUT2D eigenvalue weighted by Crippen LogP contribution is -2.47. The van der Waals surface area contributed by atoms with Crippen molar-refractivity contribution in [2.45, 2.75) is 50.5 Å². The van der Waals surface area contributed by atoms with Gasteiger partial charge in [0.1, 0.15) is 5.75 Å². The number of likely N-dealkylation sites (tertiary alicyclic amines) is 1. The Kier molecular flexibility index (Phi) is 4.02. The highest BCUT2D eigenvalue weighted by Gasteiger charge is 2.56. The summed E-state index contributed by atoms with van der Waals surface area (Å²) in [6.45, 7) is 3.01. The van der Waals surface area contributed by atoms with Gasteiger partial charge in [0.2, 0.25) is 5.91 Å². The Morgan fingerprint density at radius 2 is 2.16 bits per heavy atom. The molecule has 1 atom stereocenters. The van der Waals surface area contributed by atoms with E-state index in [9.17, 15) is 4.79 Å². The second-order valence-electron chi connectivity index (χ2n) is 7.23. The molecular weight excluding hydrogens is 316 g/mol. The third-order valence-corrected chi connectivity index (χ3v) is 5.58. The Morgan fingerprint density at radius 3 is 2.88 bits per heavy atom. The van der Waals surface area contributed by atoms with Crippen molar-refractivity contribution >= 4 is 5.91 Å². The van der Waals surface area contributed by atoms with Crippen LogP contribution in [0.15, 0.2) is 34.9 Å². The number of piperidine rings is 1. The van der Waals surface area contributed by atoms with Crippen molar-refractivity contribution in [2.75, 3.05) is 13.7 Å². The number of hydrogen-bond donors (Lipinski definition) is 0. The van der Waals surface area contributed by atoms with Crippen LogP contribution in [-0.4, -0.2) is 35.7 Å². The van der Waals surface area contributed by atoms with Gasteiger partial charge >= 0.3 is 0 Å². The van der Waals surface area contributed by atoms with Crippen LogP contribution in [0.25, 0.3) is 11.3 Å². The van der Waals surface area contributed by atoms with Crippen molar-refractivity contribution in [1.29, 1.82) is 0 Å². The highest BCUT2D eigenvalue weighted by molar-refractivity contribution is 5.91. The first-order valence-corrected chi connectivity index (χ1v) is 9.07. The van der Waals surface area contributed by atoms with Crippen molar-refractivity contribution in [3.05, 3.63) is 36.0 Å². The van der Waals surface area contributed by atoms with E-state index < -0.39 is 5.41 Å². The molecule has 2 fully saturated rings. The number of amides is 1. The normalized spacial score (nSPS) is 21.8. The monoisotopic (exact) mass is 340 g/mol. The largest absolute Gasteiger partial charge is 0.497 e. The summed E-state index contributed by atoms with van der Waals surface area (Å²) < 4.78 is 10.8. The van der Waals surface area contributed by atoms with Gasteiger partial charge < -0.3 is 14.2 Å². The molecule has 25 heavy (non-hydrogen) atoms. The van der Waals surface area contributed by atoms with Gasteiger partial charge in [-0.1, -0.05) is 17.3 Å². The van der Waals surface area contributed by atoms with Crippen molar-refractivity contribution in [1.82, 2.24) is 10.1 Å². The highest BCUT2D eigenvalue weighted by Crippen LogP contribution is 2.50. The molecule has 132 valence electrons. The van der Waals surface area contributed by atoms with Crippen LogP contribution >= 0.6 is 0 Å². The molecule has 0 radical (unpaired) electrons. The van der Waals surface area contributed by atoms with Crippen LogP contribution in [0.1, 0.15) is 44.7 Å². The van der Waals surface area contributed by atoms with Gasteiger partial charge in [0.15, 0.2) is 5.76 Å². The molecule has 1 aromatic heterocycles. The fourth-order valence-electron chi connectivity index (χ4n) is 3.79. The molecule has 1 unspecified atom stereocenters. The minimum atomic E-state index is -0.466. The van der Waals surface area contributed by atoms with E-state index in [0.29, 0.717) is 11.8 Å². The lowest BCUT2D eigenvalue weighted by molar-refractivity contribution is -0.137. The molecule has 5 heteroatoms. The van der Waals surface area contributed by atoms with Gasteiger partial charge in [-0.15, -0.1) is 0 Å². The molecule has 1 aliphatic carbocycles. The second kappa shape index (κ2) is 6.21. The minimum absolute atomic E-state index is 0.227. The number of methoxy groups -OCH3 is 1. The first-order chi connectivity index (χ1) is 12.1. The van der Waals surface area contributed by atoms with Gasteiger partial charge in [0, 0.05) is 24.2 Å². The predicted octanol–water partition coefficient (Wildman–Crippen LogP) is 3.78. The Balaban J connectivity index is 1.59. The summed E-state index contributed by atoms with van der Waals surface area (Å²) in [6, 6.07) is 9.94. The van der Waals surface area contributed by atoms with Crippen molar-refractivity contribution in [3.63, 3.8) is 0 Å². The molecule has 1 aliphatic heterocycles. The summed E-state index contributed by atoms with van der Waals surface area (Å²) in [7, 11) is 1.64. The number of rotatable bonds is 4. The topological polar surface area (TPSA) is 55.6 Å². The molecule has 0 bridgehead atoms. The number of carbonyl (C=O) groups excluding carboxylic acids is 1. The first kappa shape index (κ1) is 16.2. The quantitative estimate of drug-likeness (QED) is 0.850. The Morgan fingerprint density at radius 1 is 1.32 bits per heavy atom. The molecule has 4 rings (SSSR count). The van der Waals surface area contributed by atoms with Gasteiger partial charge in [0.05, 0.1) is 18.2 Å². The summed E-state index contributed by atoms with van der Waals surface area (Å²) >= 11 is 0. The minimum Gasteiger partial charge on any atom is -0.497 e. The number of carbonyl (C=O) groups is 1. The van der Waals surface area contributed by atoms with Crippen LogP contribution in [0.4, 0.5) is 0 Å². The maximum atomic E-state index is 13.2. The SMILES string of the molecule is COc1cccc(-c2cc(C3(C(=O)N4CCCCC4C)CC3)no2)c1. The summed E-state index contributed by atoms with van der Waals surface area (Å²) in [5.41, 5.74) is 1.22. The summed E-state index contributed by atoms with van der Waals surface area (Å²) in [5, 5.41) is 4.26. The Labute approximate surface area is 147 Å². The van der Waals surface area contributed by atoms with Crippen LogP contribution in [-0.2, 0) is 10.2 Å².